The maximum atomic E-state index is 10.6. The molecule has 0 radical (unpaired) electrons. The molecule has 0 aliphatic carbocycles. The van der Waals surface area contributed by atoms with Crippen molar-refractivity contribution in [3.63, 3.8) is 0 Å². The van der Waals surface area contributed by atoms with Crippen LogP contribution in [0.5, 0.6) is 5.88 Å². The van der Waals surface area contributed by atoms with E-state index in [1.54, 1.807) is 25.4 Å². The van der Waals surface area contributed by atoms with Crippen LogP contribution in [0.2, 0.25) is 0 Å². The number of hydrogen-bond donors (Lipinski definition) is 1. The van der Waals surface area contributed by atoms with E-state index in [4.69, 9.17) is 9.47 Å². The van der Waals surface area contributed by atoms with Crippen LogP contribution in [0.15, 0.2) is 18.3 Å². The summed E-state index contributed by atoms with van der Waals surface area (Å²) in [5.74, 6) is 0.492. The van der Waals surface area contributed by atoms with E-state index in [2.05, 4.69) is 11.1 Å². The minimum Gasteiger partial charge on any atom is -0.481 e. The summed E-state index contributed by atoms with van der Waals surface area (Å²) in [6.45, 7) is 0. The predicted octanol–water partition coefficient (Wildman–Crippen LogP) is 1.58. The molecule has 5 heteroatoms. The smallest absolute Gasteiger partial charge is 0.212 e. The molecule has 3 heterocycles. The number of rotatable bonds is 3. The number of aliphatic hydroxyl groups is 1. The highest BCUT2D eigenvalue weighted by Crippen LogP contribution is 2.53. The van der Waals surface area contributed by atoms with Gasteiger partial charge in [-0.1, -0.05) is 0 Å². The summed E-state index contributed by atoms with van der Waals surface area (Å²) in [5, 5.41) is 20.1. The summed E-state index contributed by atoms with van der Waals surface area (Å²) in [7, 11) is 1.54. The molecule has 1 N–H and O–H groups in total. The van der Waals surface area contributed by atoms with Crippen molar-refractivity contribution in [2.45, 2.75) is 37.6 Å². The maximum absolute atomic E-state index is 10.6. The Morgan fingerprint density at radius 2 is 2.42 bits per heavy atom. The number of hydrogen-bond acceptors (Lipinski definition) is 5. The van der Waals surface area contributed by atoms with Crippen molar-refractivity contribution in [3.05, 3.63) is 23.9 Å². The molecule has 1 aromatic heterocycles. The first-order chi connectivity index (χ1) is 9.19. The van der Waals surface area contributed by atoms with E-state index in [0.717, 1.165) is 12.8 Å². The van der Waals surface area contributed by atoms with Crippen molar-refractivity contribution in [3.8, 4) is 11.9 Å². The quantitative estimate of drug-likeness (QED) is 0.893. The van der Waals surface area contributed by atoms with E-state index in [9.17, 15) is 10.4 Å². The van der Waals surface area contributed by atoms with Gasteiger partial charge in [0.2, 0.25) is 5.88 Å². The Labute approximate surface area is 111 Å². The molecule has 0 spiro atoms. The molecular weight excluding hydrogens is 244 g/mol. The Morgan fingerprint density at radius 3 is 2.89 bits per heavy atom. The molecule has 2 aliphatic rings. The van der Waals surface area contributed by atoms with E-state index in [1.807, 2.05) is 0 Å². The van der Waals surface area contributed by atoms with Crippen LogP contribution >= 0.6 is 0 Å². The van der Waals surface area contributed by atoms with Gasteiger partial charge in [-0.2, -0.15) is 5.26 Å². The fourth-order valence-electron chi connectivity index (χ4n) is 3.18. The van der Waals surface area contributed by atoms with E-state index in [0.29, 0.717) is 17.9 Å². The number of ether oxygens (including phenoxy) is 2. The van der Waals surface area contributed by atoms with Gasteiger partial charge in [0, 0.05) is 17.8 Å². The minimum atomic E-state index is -0.869. The zero-order valence-corrected chi connectivity index (χ0v) is 10.7. The molecule has 2 aliphatic heterocycles. The summed E-state index contributed by atoms with van der Waals surface area (Å²) in [6, 6.07) is 5.75. The fourth-order valence-corrected chi connectivity index (χ4v) is 3.18. The maximum Gasteiger partial charge on any atom is 0.212 e. The first-order valence-corrected chi connectivity index (χ1v) is 6.44. The van der Waals surface area contributed by atoms with Gasteiger partial charge >= 0.3 is 0 Å². The number of aliphatic hydroxyl groups excluding tert-OH is 1. The van der Waals surface area contributed by atoms with Crippen molar-refractivity contribution >= 4 is 0 Å². The molecule has 19 heavy (non-hydrogen) atoms. The lowest BCUT2D eigenvalue weighted by atomic mass is 9.69. The van der Waals surface area contributed by atoms with Crippen LogP contribution in [0.1, 0.15) is 30.9 Å². The summed E-state index contributed by atoms with van der Waals surface area (Å²) >= 11 is 0. The van der Waals surface area contributed by atoms with Crippen LogP contribution in [0.25, 0.3) is 0 Å². The Kier molecular flexibility index (Phi) is 2.92. The minimum absolute atomic E-state index is 0.116. The monoisotopic (exact) mass is 260 g/mol. The Bertz CT molecular complexity index is 510. The molecule has 0 saturated carbocycles. The first-order valence-electron chi connectivity index (χ1n) is 6.44. The molecule has 0 amide bonds. The SMILES string of the molecule is COc1ccc(C(O)C2(C#N)CC3CCC2O3)cn1. The lowest BCUT2D eigenvalue weighted by Gasteiger charge is -2.33. The van der Waals surface area contributed by atoms with E-state index < -0.39 is 11.5 Å². The number of aromatic nitrogens is 1. The van der Waals surface area contributed by atoms with Crippen LogP contribution < -0.4 is 4.74 Å². The average molecular weight is 260 g/mol. The third-order valence-electron chi connectivity index (χ3n) is 4.23. The normalized spacial score (nSPS) is 33.9. The molecule has 2 saturated heterocycles. The van der Waals surface area contributed by atoms with Gasteiger partial charge in [0.05, 0.1) is 25.4 Å². The second kappa shape index (κ2) is 4.48. The van der Waals surface area contributed by atoms with Gasteiger partial charge in [-0.25, -0.2) is 4.98 Å². The van der Waals surface area contributed by atoms with Crippen LogP contribution in [0.3, 0.4) is 0 Å². The lowest BCUT2D eigenvalue weighted by molar-refractivity contribution is 0.00322. The second-order valence-corrected chi connectivity index (χ2v) is 5.22. The molecule has 4 unspecified atom stereocenters. The predicted molar refractivity (Wildman–Crippen MR) is 66.3 cm³/mol. The van der Waals surface area contributed by atoms with Gasteiger partial charge in [0.15, 0.2) is 0 Å². The van der Waals surface area contributed by atoms with Crippen molar-refractivity contribution in [1.82, 2.24) is 4.98 Å². The van der Waals surface area contributed by atoms with Crippen LogP contribution in [-0.4, -0.2) is 29.4 Å². The lowest BCUT2D eigenvalue weighted by Crippen LogP contribution is -2.37. The van der Waals surface area contributed by atoms with E-state index in [-0.39, 0.29) is 12.2 Å². The topological polar surface area (TPSA) is 75.4 Å². The van der Waals surface area contributed by atoms with Crippen molar-refractivity contribution in [2.75, 3.05) is 7.11 Å². The third kappa shape index (κ3) is 1.79. The summed E-state index contributed by atoms with van der Waals surface area (Å²) in [5.41, 5.74) is -0.197. The fraction of sp³-hybridized carbons (Fsp3) is 0.571. The van der Waals surface area contributed by atoms with Crippen molar-refractivity contribution in [2.24, 2.45) is 5.41 Å². The van der Waals surface area contributed by atoms with Crippen molar-refractivity contribution in [1.29, 1.82) is 5.26 Å². The molecule has 2 bridgehead atoms. The van der Waals surface area contributed by atoms with Crippen LogP contribution in [0, 0.1) is 16.7 Å². The molecule has 5 nitrogen and oxygen atoms in total. The summed E-state index contributed by atoms with van der Waals surface area (Å²) in [4.78, 5) is 4.08. The second-order valence-electron chi connectivity index (χ2n) is 5.22. The average Bonchev–Trinajstić information content (AvgIpc) is 3.07. The molecule has 1 aromatic rings. The Hall–Kier alpha value is -1.64. The largest absolute Gasteiger partial charge is 0.481 e. The molecular formula is C14H16N2O3. The van der Waals surface area contributed by atoms with Crippen LogP contribution in [-0.2, 0) is 4.74 Å². The van der Waals surface area contributed by atoms with Gasteiger partial charge in [-0.3, -0.25) is 0 Å². The molecule has 2 fully saturated rings. The number of nitriles is 1. The molecule has 100 valence electrons. The highest BCUT2D eigenvalue weighted by Gasteiger charge is 2.57. The van der Waals surface area contributed by atoms with Crippen molar-refractivity contribution < 1.29 is 14.6 Å². The highest BCUT2D eigenvalue weighted by atomic mass is 16.5. The van der Waals surface area contributed by atoms with Gasteiger partial charge in [0.25, 0.3) is 0 Å². The molecule has 4 atom stereocenters. The Morgan fingerprint density at radius 1 is 1.58 bits per heavy atom. The van der Waals surface area contributed by atoms with E-state index >= 15 is 0 Å². The number of pyridine rings is 1. The van der Waals surface area contributed by atoms with Crippen LogP contribution in [0.4, 0.5) is 0 Å². The summed E-state index contributed by atoms with van der Waals surface area (Å²) < 4.78 is 10.7. The molecule has 0 aromatic carbocycles. The van der Waals surface area contributed by atoms with Gasteiger partial charge in [-0.05, 0) is 25.3 Å². The number of methoxy groups -OCH3 is 1. The standard InChI is InChI=1S/C14H16N2O3/c1-18-12-5-2-9(7-16-12)13(17)14(8-15)6-10-3-4-11(14)19-10/h2,5,7,10-11,13,17H,3-4,6H2,1H3. The zero-order valence-electron chi connectivity index (χ0n) is 10.7. The third-order valence-corrected chi connectivity index (χ3v) is 4.23. The van der Waals surface area contributed by atoms with Gasteiger partial charge in [-0.15, -0.1) is 0 Å². The van der Waals surface area contributed by atoms with E-state index in [1.165, 1.54) is 0 Å². The number of nitrogens with zero attached hydrogens (tertiary/aromatic N) is 2. The molecule has 3 rings (SSSR count). The first kappa shape index (κ1) is 12.4. The Balaban J connectivity index is 1.89. The highest BCUT2D eigenvalue weighted by molar-refractivity contribution is 5.27. The number of fused-ring (bicyclic) bond motifs is 2. The van der Waals surface area contributed by atoms with Gasteiger partial charge < -0.3 is 14.6 Å². The van der Waals surface area contributed by atoms with Gasteiger partial charge in [0.1, 0.15) is 11.5 Å². The zero-order chi connectivity index (χ0) is 13.5. The summed E-state index contributed by atoms with van der Waals surface area (Å²) in [6.07, 6.45) is 3.08.